The van der Waals surface area contributed by atoms with Gasteiger partial charge in [-0.3, -0.25) is 0 Å². The fraction of sp³-hybridized carbons (Fsp3) is 0.647. The van der Waals surface area contributed by atoms with Crippen LogP contribution in [0.1, 0.15) is 57.6 Å². The maximum atomic E-state index is 3.54. The zero-order valence-corrected chi connectivity index (χ0v) is 12.3. The van der Waals surface area contributed by atoms with E-state index in [9.17, 15) is 0 Å². The average Bonchev–Trinajstić information content (AvgIpc) is 2.40. The number of rotatable bonds is 3. The number of piperidine rings is 1. The molecule has 0 aromatic heterocycles. The minimum absolute atomic E-state index is 0.281. The minimum atomic E-state index is 0.281. The van der Waals surface area contributed by atoms with Gasteiger partial charge in [-0.2, -0.15) is 0 Å². The highest BCUT2D eigenvalue weighted by atomic mass is 14.9. The molecule has 1 heteroatoms. The highest BCUT2D eigenvalue weighted by Gasteiger charge is 2.31. The summed E-state index contributed by atoms with van der Waals surface area (Å²) in [6.45, 7) is 11.7. The second-order valence-corrected chi connectivity index (χ2v) is 6.54. The molecule has 1 unspecified atom stereocenters. The van der Waals surface area contributed by atoms with Crippen LogP contribution in [-0.4, -0.2) is 13.1 Å². The lowest BCUT2D eigenvalue weighted by Gasteiger charge is -2.38. The summed E-state index contributed by atoms with van der Waals surface area (Å²) < 4.78 is 0. The molecule has 1 aliphatic rings. The van der Waals surface area contributed by atoms with Crippen LogP contribution in [0, 0.1) is 5.92 Å². The van der Waals surface area contributed by atoms with Gasteiger partial charge in [-0.05, 0) is 54.3 Å². The third-order valence-corrected chi connectivity index (χ3v) is 4.64. The summed E-state index contributed by atoms with van der Waals surface area (Å²) in [5.41, 5.74) is 3.21. The van der Waals surface area contributed by atoms with Crippen molar-refractivity contribution >= 4 is 0 Å². The maximum absolute atomic E-state index is 3.54. The van der Waals surface area contributed by atoms with E-state index in [2.05, 4.69) is 57.3 Å². The Morgan fingerprint density at radius 2 is 1.83 bits per heavy atom. The molecule has 0 aliphatic carbocycles. The molecule has 2 rings (SSSR count). The van der Waals surface area contributed by atoms with Crippen molar-refractivity contribution < 1.29 is 0 Å². The van der Waals surface area contributed by atoms with Crippen molar-refractivity contribution in [2.24, 2.45) is 5.92 Å². The van der Waals surface area contributed by atoms with E-state index in [0.29, 0.717) is 5.92 Å². The van der Waals surface area contributed by atoms with E-state index in [1.165, 1.54) is 37.1 Å². The van der Waals surface area contributed by atoms with Crippen LogP contribution in [0.4, 0.5) is 0 Å². The number of hydrogen-bond donors (Lipinski definition) is 1. The van der Waals surface area contributed by atoms with Crippen molar-refractivity contribution in [2.45, 2.75) is 51.9 Å². The molecule has 1 saturated heterocycles. The Labute approximate surface area is 112 Å². The predicted molar refractivity (Wildman–Crippen MR) is 79.2 cm³/mol. The molecule has 1 fully saturated rings. The normalized spacial score (nSPS) is 21.3. The summed E-state index contributed by atoms with van der Waals surface area (Å²) in [5, 5.41) is 3.54. The predicted octanol–water partition coefficient (Wildman–Crippen LogP) is 4.09. The third kappa shape index (κ3) is 2.77. The summed E-state index contributed by atoms with van der Waals surface area (Å²) in [4.78, 5) is 0. The monoisotopic (exact) mass is 245 g/mol. The van der Waals surface area contributed by atoms with Gasteiger partial charge in [0.1, 0.15) is 0 Å². The standard InChI is InChI=1S/C17H27N/c1-13(2)14-7-9-15(10-8-14)17(3,4)16-6-5-11-18-12-16/h7-10,13,16,18H,5-6,11-12H2,1-4H3. The first-order chi connectivity index (χ1) is 8.51. The van der Waals surface area contributed by atoms with E-state index in [0.717, 1.165) is 5.92 Å². The van der Waals surface area contributed by atoms with Crippen molar-refractivity contribution in [3.63, 3.8) is 0 Å². The average molecular weight is 245 g/mol. The van der Waals surface area contributed by atoms with Gasteiger partial charge in [-0.1, -0.05) is 52.0 Å². The first-order valence-electron chi connectivity index (χ1n) is 7.33. The smallest absolute Gasteiger partial charge is 0.00122 e. The molecule has 1 nitrogen and oxygen atoms in total. The Hall–Kier alpha value is -0.820. The lowest BCUT2D eigenvalue weighted by atomic mass is 9.70. The Morgan fingerprint density at radius 3 is 2.33 bits per heavy atom. The molecule has 0 saturated carbocycles. The number of nitrogens with one attached hydrogen (secondary N) is 1. The van der Waals surface area contributed by atoms with Gasteiger partial charge < -0.3 is 5.32 Å². The van der Waals surface area contributed by atoms with Crippen molar-refractivity contribution in [3.05, 3.63) is 35.4 Å². The topological polar surface area (TPSA) is 12.0 Å². The molecule has 100 valence electrons. The molecule has 1 atom stereocenters. The van der Waals surface area contributed by atoms with Gasteiger partial charge in [0.15, 0.2) is 0 Å². The molecule has 1 aliphatic heterocycles. The molecule has 0 radical (unpaired) electrons. The van der Waals surface area contributed by atoms with Gasteiger partial charge in [-0.25, -0.2) is 0 Å². The lowest BCUT2D eigenvalue weighted by molar-refractivity contribution is 0.252. The van der Waals surface area contributed by atoms with Crippen molar-refractivity contribution in [2.75, 3.05) is 13.1 Å². The van der Waals surface area contributed by atoms with E-state index < -0.39 is 0 Å². The summed E-state index contributed by atoms with van der Waals surface area (Å²) in [6, 6.07) is 9.28. The van der Waals surface area contributed by atoms with Gasteiger partial charge in [0.05, 0.1) is 0 Å². The molecule has 1 aromatic rings. The second-order valence-electron chi connectivity index (χ2n) is 6.54. The first kappa shape index (κ1) is 13.6. The molecule has 1 heterocycles. The van der Waals surface area contributed by atoms with E-state index in [-0.39, 0.29) is 5.41 Å². The molecule has 0 spiro atoms. The van der Waals surface area contributed by atoms with E-state index in [4.69, 9.17) is 0 Å². The van der Waals surface area contributed by atoms with Gasteiger partial charge in [0.2, 0.25) is 0 Å². The third-order valence-electron chi connectivity index (χ3n) is 4.64. The Bertz CT molecular complexity index is 369. The van der Waals surface area contributed by atoms with Crippen LogP contribution < -0.4 is 5.32 Å². The van der Waals surface area contributed by atoms with Gasteiger partial charge in [0.25, 0.3) is 0 Å². The zero-order valence-electron chi connectivity index (χ0n) is 12.3. The van der Waals surface area contributed by atoms with Crippen LogP contribution in [0.3, 0.4) is 0 Å². The van der Waals surface area contributed by atoms with Crippen molar-refractivity contribution in [3.8, 4) is 0 Å². The Morgan fingerprint density at radius 1 is 1.17 bits per heavy atom. The molecule has 1 N–H and O–H groups in total. The summed E-state index contributed by atoms with van der Waals surface area (Å²) in [7, 11) is 0. The van der Waals surface area contributed by atoms with Gasteiger partial charge in [-0.15, -0.1) is 0 Å². The van der Waals surface area contributed by atoms with Crippen molar-refractivity contribution in [1.29, 1.82) is 0 Å². The Balaban J connectivity index is 2.17. The lowest BCUT2D eigenvalue weighted by Crippen LogP contribution is -2.40. The fourth-order valence-electron chi connectivity index (χ4n) is 3.00. The Kier molecular flexibility index (Phi) is 4.11. The SMILES string of the molecule is CC(C)c1ccc(C(C)(C)C2CCCNC2)cc1. The van der Waals surface area contributed by atoms with Crippen LogP contribution in [-0.2, 0) is 5.41 Å². The summed E-state index contributed by atoms with van der Waals surface area (Å²) in [6.07, 6.45) is 2.67. The second kappa shape index (κ2) is 5.44. The van der Waals surface area contributed by atoms with E-state index >= 15 is 0 Å². The zero-order chi connectivity index (χ0) is 13.2. The van der Waals surface area contributed by atoms with Crippen LogP contribution in [0.25, 0.3) is 0 Å². The van der Waals surface area contributed by atoms with Crippen LogP contribution in [0.5, 0.6) is 0 Å². The first-order valence-corrected chi connectivity index (χ1v) is 7.33. The van der Waals surface area contributed by atoms with Crippen LogP contribution in [0.15, 0.2) is 24.3 Å². The van der Waals surface area contributed by atoms with E-state index in [1.54, 1.807) is 0 Å². The summed E-state index contributed by atoms with van der Waals surface area (Å²) >= 11 is 0. The highest BCUT2D eigenvalue weighted by molar-refractivity contribution is 5.30. The maximum Gasteiger partial charge on any atom is -0.00122 e. The largest absolute Gasteiger partial charge is 0.316 e. The van der Waals surface area contributed by atoms with Crippen LogP contribution >= 0.6 is 0 Å². The van der Waals surface area contributed by atoms with E-state index in [1.807, 2.05) is 0 Å². The molecular weight excluding hydrogens is 218 g/mol. The minimum Gasteiger partial charge on any atom is -0.316 e. The quantitative estimate of drug-likeness (QED) is 0.846. The molecule has 1 aromatic carbocycles. The van der Waals surface area contributed by atoms with Gasteiger partial charge >= 0.3 is 0 Å². The van der Waals surface area contributed by atoms with Gasteiger partial charge in [0, 0.05) is 0 Å². The number of benzene rings is 1. The molecule has 0 amide bonds. The summed E-state index contributed by atoms with van der Waals surface area (Å²) in [5.74, 6) is 1.38. The fourth-order valence-corrected chi connectivity index (χ4v) is 3.00. The molecule has 18 heavy (non-hydrogen) atoms. The van der Waals surface area contributed by atoms with Crippen molar-refractivity contribution in [1.82, 2.24) is 5.32 Å². The highest BCUT2D eigenvalue weighted by Crippen LogP contribution is 2.35. The molecule has 0 bridgehead atoms. The number of hydrogen-bond acceptors (Lipinski definition) is 1. The molecular formula is C17H27N. The van der Waals surface area contributed by atoms with Crippen LogP contribution in [0.2, 0.25) is 0 Å².